The molecule has 0 saturated heterocycles. The molecule has 0 unspecified atom stereocenters. The summed E-state index contributed by atoms with van der Waals surface area (Å²) in [5, 5.41) is 3.72. The minimum atomic E-state index is -0.302. The van der Waals surface area contributed by atoms with Crippen LogP contribution in [0, 0.1) is 12.7 Å². The lowest BCUT2D eigenvalue weighted by Gasteiger charge is -2.09. The Morgan fingerprint density at radius 3 is 2.83 bits per heavy atom. The van der Waals surface area contributed by atoms with Crippen LogP contribution in [-0.2, 0) is 11.2 Å². The predicted octanol–water partition coefficient (Wildman–Crippen LogP) is 3.81. The number of aromatic nitrogens is 1. The number of aromatic amines is 1. The van der Waals surface area contributed by atoms with Crippen molar-refractivity contribution in [1.82, 2.24) is 4.98 Å². The summed E-state index contributed by atoms with van der Waals surface area (Å²) in [5.41, 5.74) is 3.20. The first-order valence-corrected chi connectivity index (χ1v) is 7.27. The van der Waals surface area contributed by atoms with E-state index in [0.717, 1.165) is 28.0 Å². The molecule has 5 heteroatoms. The van der Waals surface area contributed by atoms with Gasteiger partial charge in [-0.05, 0) is 54.4 Å². The molecule has 1 aromatic heterocycles. The second-order valence-electron chi connectivity index (χ2n) is 5.41. The van der Waals surface area contributed by atoms with Crippen LogP contribution in [0.25, 0.3) is 10.9 Å². The first-order chi connectivity index (χ1) is 11.1. The largest absolute Gasteiger partial charge is 0.496 e. The number of aryl methyl sites for hydroxylation is 1. The molecule has 0 aliphatic carbocycles. The predicted molar refractivity (Wildman–Crippen MR) is 88.3 cm³/mol. The lowest BCUT2D eigenvalue weighted by Crippen LogP contribution is -2.14. The summed E-state index contributed by atoms with van der Waals surface area (Å²) in [5.74, 6) is 0.352. The third kappa shape index (κ3) is 3.18. The summed E-state index contributed by atoms with van der Waals surface area (Å²) in [6.45, 7) is 1.92. The fraction of sp³-hybridized carbons (Fsp3) is 0.167. The molecule has 0 spiro atoms. The lowest BCUT2D eigenvalue weighted by atomic mass is 10.1. The Bertz CT molecular complexity index is 871. The Morgan fingerprint density at radius 1 is 1.26 bits per heavy atom. The fourth-order valence-electron chi connectivity index (χ4n) is 2.64. The quantitative estimate of drug-likeness (QED) is 0.770. The average molecular weight is 312 g/mol. The van der Waals surface area contributed by atoms with Crippen LogP contribution in [-0.4, -0.2) is 18.0 Å². The van der Waals surface area contributed by atoms with E-state index < -0.39 is 0 Å². The van der Waals surface area contributed by atoms with Crippen LogP contribution < -0.4 is 10.1 Å². The van der Waals surface area contributed by atoms with Gasteiger partial charge in [0.25, 0.3) is 0 Å². The average Bonchev–Trinajstić information content (AvgIpc) is 2.89. The van der Waals surface area contributed by atoms with Crippen LogP contribution in [0.2, 0.25) is 0 Å². The van der Waals surface area contributed by atoms with E-state index >= 15 is 0 Å². The van der Waals surface area contributed by atoms with Crippen molar-refractivity contribution in [2.24, 2.45) is 0 Å². The number of fused-ring (bicyclic) bond motifs is 1. The van der Waals surface area contributed by atoms with Gasteiger partial charge < -0.3 is 15.0 Å². The molecule has 2 N–H and O–H groups in total. The highest BCUT2D eigenvalue weighted by atomic mass is 19.1. The van der Waals surface area contributed by atoms with E-state index in [1.54, 1.807) is 25.4 Å². The van der Waals surface area contributed by atoms with Gasteiger partial charge in [0.1, 0.15) is 11.6 Å². The molecular formula is C18H17FN2O2. The zero-order chi connectivity index (χ0) is 16.4. The van der Waals surface area contributed by atoms with Gasteiger partial charge in [0, 0.05) is 22.8 Å². The van der Waals surface area contributed by atoms with Crippen LogP contribution in [0.5, 0.6) is 5.75 Å². The third-order valence-electron chi connectivity index (χ3n) is 3.76. The zero-order valence-corrected chi connectivity index (χ0v) is 12.9. The van der Waals surface area contributed by atoms with Crippen LogP contribution in [0.4, 0.5) is 10.1 Å². The highest BCUT2D eigenvalue weighted by Gasteiger charge is 2.10. The summed E-state index contributed by atoms with van der Waals surface area (Å²) in [4.78, 5) is 15.2. The SMILES string of the molecule is COc1ccc(NC(=O)Cc2c[nH]c3cc(F)ccc23)cc1C. The topological polar surface area (TPSA) is 54.1 Å². The molecule has 1 amide bonds. The second kappa shape index (κ2) is 6.12. The molecule has 0 saturated carbocycles. The second-order valence-corrected chi connectivity index (χ2v) is 5.41. The number of anilines is 1. The molecule has 118 valence electrons. The van der Waals surface area contributed by atoms with Gasteiger partial charge in [-0.15, -0.1) is 0 Å². The molecule has 0 atom stereocenters. The maximum Gasteiger partial charge on any atom is 0.228 e. The van der Waals surface area contributed by atoms with Gasteiger partial charge in [-0.25, -0.2) is 4.39 Å². The Balaban J connectivity index is 1.75. The van der Waals surface area contributed by atoms with Gasteiger partial charge in [-0.1, -0.05) is 0 Å². The first kappa shape index (κ1) is 15.1. The Labute approximate surface area is 133 Å². The molecule has 3 rings (SSSR count). The Hall–Kier alpha value is -2.82. The molecule has 0 aliphatic rings. The van der Waals surface area contributed by atoms with Crippen LogP contribution in [0.1, 0.15) is 11.1 Å². The summed E-state index contributed by atoms with van der Waals surface area (Å²) in [7, 11) is 1.61. The van der Waals surface area contributed by atoms with Crippen molar-refractivity contribution in [2.75, 3.05) is 12.4 Å². The molecule has 0 aliphatic heterocycles. The molecular weight excluding hydrogens is 295 g/mol. The summed E-state index contributed by atoms with van der Waals surface area (Å²) in [6.07, 6.45) is 1.96. The molecule has 23 heavy (non-hydrogen) atoms. The molecule has 1 heterocycles. The van der Waals surface area contributed by atoms with Crippen molar-refractivity contribution in [1.29, 1.82) is 0 Å². The van der Waals surface area contributed by atoms with Gasteiger partial charge in [-0.3, -0.25) is 4.79 Å². The van der Waals surface area contributed by atoms with Gasteiger partial charge in [0.2, 0.25) is 5.91 Å². The zero-order valence-electron chi connectivity index (χ0n) is 12.9. The number of hydrogen-bond donors (Lipinski definition) is 2. The van der Waals surface area contributed by atoms with E-state index in [1.165, 1.54) is 12.1 Å². The maximum absolute atomic E-state index is 13.2. The number of halogens is 1. The van der Waals surface area contributed by atoms with Gasteiger partial charge in [-0.2, -0.15) is 0 Å². The highest BCUT2D eigenvalue weighted by Crippen LogP contribution is 2.23. The van der Waals surface area contributed by atoms with E-state index in [0.29, 0.717) is 5.52 Å². The Morgan fingerprint density at radius 2 is 2.09 bits per heavy atom. The third-order valence-corrected chi connectivity index (χ3v) is 3.76. The van der Waals surface area contributed by atoms with Crippen molar-refractivity contribution in [2.45, 2.75) is 13.3 Å². The number of H-pyrrole nitrogens is 1. The first-order valence-electron chi connectivity index (χ1n) is 7.27. The summed E-state index contributed by atoms with van der Waals surface area (Å²) >= 11 is 0. The number of carbonyl (C=O) groups excluding carboxylic acids is 1. The summed E-state index contributed by atoms with van der Waals surface area (Å²) in [6, 6.07) is 9.98. The number of ether oxygens (including phenoxy) is 1. The standard InChI is InChI=1S/C18H17FN2O2/c1-11-7-14(4-6-17(11)23-2)21-18(22)8-12-10-20-16-9-13(19)3-5-15(12)16/h3-7,9-10,20H,8H2,1-2H3,(H,21,22). The minimum Gasteiger partial charge on any atom is -0.496 e. The van der Waals surface area contributed by atoms with E-state index in [-0.39, 0.29) is 18.1 Å². The number of carbonyl (C=O) groups is 1. The maximum atomic E-state index is 13.2. The highest BCUT2D eigenvalue weighted by molar-refractivity contribution is 5.95. The molecule has 0 radical (unpaired) electrons. The van der Waals surface area contributed by atoms with E-state index in [9.17, 15) is 9.18 Å². The van der Waals surface area contributed by atoms with Crippen molar-refractivity contribution >= 4 is 22.5 Å². The normalized spacial score (nSPS) is 10.7. The number of nitrogens with one attached hydrogen (secondary N) is 2. The molecule has 4 nitrogen and oxygen atoms in total. The van der Waals surface area contributed by atoms with Crippen LogP contribution in [0.3, 0.4) is 0 Å². The molecule has 0 fully saturated rings. The fourth-order valence-corrected chi connectivity index (χ4v) is 2.64. The van der Waals surface area contributed by atoms with Crippen molar-refractivity contribution in [3.8, 4) is 5.75 Å². The number of hydrogen-bond acceptors (Lipinski definition) is 2. The smallest absolute Gasteiger partial charge is 0.228 e. The van der Waals surface area contributed by atoms with E-state index in [2.05, 4.69) is 10.3 Å². The van der Waals surface area contributed by atoms with Gasteiger partial charge in [0.15, 0.2) is 0 Å². The van der Waals surface area contributed by atoms with Gasteiger partial charge in [0.05, 0.1) is 13.5 Å². The van der Waals surface area contributed by atoms with Crippen LogP contribution in [0.15, 0.2) is 42.6 Å². The van der Waals surface area contributed by atoms with Crippen molar-refractivity contribution < 1.29 is 13.9 Å². The Kier molecular flexibility index (Phi) is 4.02. The summed E-state index contributed by atoms with van der Waals surface area (Å²) < 4.78 is 18.4. The minimum absolute atomic E-state index is 0.125. The van der Waals surface area contributed by atoms with Crippen molar-refractivity contribution in [3.05, 3.63) is 59.5 Å². The molecule has 0 bridgehead atoms. The number of rotatable bonds is 4. The number of benzene rings is 2. The van der Waals surface area contributed by atoms with Gasteiger partial charge >= 0.3 is 0 Å². The molecule has 3 aromatic rings. The number of amides is 1. The molecule has 2 aromatic carbocycles. The van der Waals surface area contributed by atoms with Crippen LogP contribution >= 0.6 is 0 Å². The lowest BCUT2D eigenvalue weighted by molar-refractivity contribution is -0.115. The van der Waals surface area contributed by atoms with E-state index in [4.69, 9.17) is 4.74 Å². The monoisotopic (exact) mass is 312 g/mol. The van der Waals surface area contributed by atoms with Crippen molar-refractivity contribution in [3.63, 3.8) is 0 Å². The number of methoxy groups -OCH3 is 1. The van der Waals surface area contributed by atoms with E-state index in [1.807, 2.05) is 19.1 Å².